The molecule has 2 N–H and O–H groups in total. The van der Waals surface area contributed by atoms with E-state index >= 15 is 0 Å². The fourth-order valence-electron chi connectivity index (χ4n) is 4.81. The standard InChI is InChI=1S/C23H22NO3PS2.C4H6O.C2H6/c1-12-14-7-5-6-8-18(14)28(26,27)20(12)16-11-29-22(24-16)21-15-9-23(3,4)10-17(25)19(15)13(2)30-21;1-2-3-4-5;1-2/h5-8,11H,9-10H2,1-4H3,(H,26,27);5H,4H2,1H3;1-2H3. The number of aliphatic hydroxyl groups excluding tert-OH is 1. The Morgan fingerprint density at radius 2 is 1.84 bits per heavy atom. The van der Waals surface area contributed by atoms with E-state index < -0.39 is 7.37 Å². The zero-order valence-electron chi connectivity index (χ0n) is 22.4. The number of thiazole rings is 1. The van der Waals surface area contributed by atoms with E-state index in [1.165, 1.54) is 11.3 Å². The lowest BCUT2D eigenvalue weighted by molar-refractivity contribution is 0.0913. The molecule has 0 spiro atoms. The highest BCUT2D eigenvalue weighted by Crippen LogP contribution is 2.62. The lowest BCUT2D eigenvalue weighted by Crippen LogP contribution is -2.26. The molecular formula is C29H34NO4PS2. The number of aryl methyl sites for hydroxylation is 1. The van der Waals surface area contributed by atoms with Crippen molar-refractivity contribution in [2.24, 2.45) is 5.41 Å². The van der Waals surface area contributed by atoms with Gasteiger partial charge in [0.1, 0.15) is 11.6 Å². The summed E-state index contributed by atoms with van der Waals surface area (Å²) in [5.74, 6) is 5.14. The van der Waals surface area contributed by atoms with E-state index in [1.54, 1.807) is 30.4 Å². The van der Waals surface area contributed by atoms with Crippen LogP contribution in [0.3, 0.4) is 0 Å². The fourth-order valence-corrected chi connectivity index (χ4v) is 9.11. The summed E-state index contributed by atoms with van der Waals surface area (Å²) < 4.78 is 13.3. The van der Waals surface area contributed by atoms with Gasteiger partial charge in [-0.15, -0.1) is 28.6 Å². The topological polar surface area (TPSA) is 87.5 Å². The van der Waals surface area contributed by atoms with E-state index in [2.05, 4.69) is 25.7 Å². The van der Waals surface area contributed by atoms with Crippen LogP contribution in [0.15, 0.2) is 29.6 Å². The third-order valence-corrected chi connectivity index (χ3v) is 10.6. The molecule has 0 saturated carbocycles. The molecule has 3 aromatic rings. The summed E-state index contributed by atoms with van der Waals surface area (Å²) in [4.78, 5) is 30.6. The molecule has 1 aromatic carbocycles. The summed E-state index contributed by atoms with van der Waals surface area (Å²) >= 11 is 3.09. The molecule has 8 heteroatoms. The van der Waals surface area contributed by atoms with E-state index in [9.17, 15) is 14.3 Å². The number of nitrogens with zero attached hydrogens (tertiary/aromatic N) is 1. The molecule has 1 atom stereocenters. The summed E-state index contributed by atoms with van der Waals surface area (Å²) in [7, 11) is -3.67. The van der Waals surface area contributed by atoms with Crippen LogP contribution < -0.4 is 5.30 Å². The van der Waals surface area contributed by atoms with Gasteiger partial charge < -0.3 is 10.00 Å². The Morgan fingerprint density at radius 1 is 1.16 bits per heavy atom. The Balaban J connectivity index is 0.000000489. The predicted molar refractivity (Wildman–Crippen MR) is 157 cm³/mol. The van der Waals surface area contributed by atoms with Crippen molar-refractivity contribution >= 4 is 52.0 Å². The number of rotatable bonds is 2. The fraction of sp³-hybridized carbons (Fsp3) is 0.379. The molecule has 0 amide bonds. The molecule has 37 heavy (non-hydrogen) atoms. The highest BCUT2D eigenvalue weighted by atomic mass is 32.1. The largest absolute Gasteiger partial charge is 0.384 e. The molecule has 0 fully saturated rings. The number of Topliss-reactive ketones (excluding diaryl/α,β-unsaturated/α-hetero) is 1. The van der Waals surface area contributed by atoms with Gasteiger partial charge in [-0.05, 0) is 55.4 Å². The summed E-state index contributed by atoms with van der Waals surface area (Å²) in [6, 6.07) is 7.30. The minimum Gasteiger partial charge on any atom is -0.384 e. The van der Waals surface area contributed by atoms with Gasteiger partial charge in [-0.25, -0.2) is 4.98 Å². The van der Waals surface area contributed by atoms with Crippen LogP contribution in [0.1, 0.15) is 80.0 Å². The van der Waals surface area contributed by atoms with Crippen LogP contribution in [-0.4, -0.2) is 27.4 Å². The van der Waals surface area contributed by atoms with E-state index in [-0.39, 0.29) is 17.8 Å². The van der Waals surface area contributed by atoms with Gasteiger partial charge in [0.05, 0.1) is 15.9 Å². The van der Waals surface area contributed by atoms with Crippen LogP contribution in [0.4, 0.5) is 0 Å². The van der Waals surface area contributed by atoms with Crippen molar-refractivity contribution < 1.29 is 19.4 Å². The maximum absolute atomic E-state index is 13.3. The zero-order valence-corrected chi connectivity index (χ0v) is 25.0. The number of aromatic nitrogens is 1. The summed E-state index contributed by atoms with van der Waals surface area (Å²) in [5.41, 5.74) is 4.09. The number of carbonyl (C=O) groups excluding carboxylic acids is 1. The first-order valence-electron chi connectivity index (χ1n) is 12.3. The van der Waals surface area contributed by atoms with Gasteiger partial charge in [-0.2, -0.15) is 0 Å². The summed E-state index contributed by atoms with van der Waals surface area (Å²) in [6.07, 6.45) is 1.41. The molecule has 0 radical (unpaired) electrons. The van der Waals surface area contributed by atoms with Gasteiger partial charge in [0.2, 0.25) is 0 Å². The molecular weight excluding hydrogens is 521 g/mol. The van der Waals surface area contributed by atoms with Crippen LogP contribution in [0.25, 0.3) is 20.8 Å². The Bertz CT molecular complexity index is 1470. The average molecular weight is 556 g/mol. The van der Waals surface area contributed by atoms with Gasteiger partial charge in [-0.3, -0.25) is 9.36 Å². The van der Waals surface area contributed by atoms with E-state index in [0.29, 0.717) is 22.7 Å². The first-order valence-corrected chi connectivity index (χ1v) is 15.6. The molecule has 2 aromatic heterocycles. The van der Waals surface area contributed by atoms with Crippen LogP contribution in [-0.2, 0) is 11.0 Å². The second-order valence-corrected chi connectivity index (χ2v) is 13.6. The van der Waals surface area contributed by atoms with E-state index in [4.69, 9.17) is 10.1 Å². The maximum Gasteiger partial charge on any atom is 0.261 e. The minimum atomic E-state index is -3.67. The number of carbonyl (C=O) groups is 1. The zero-order chi connectivity index (χ0) is 27.5. The Hall–Kier alpha value is -2.33. The molecule has 0 bridgehead atoms. The van der Waals surface area contributed by atoms with Gasteiger partial charge >= 0.3 is 0 Å². The Kier molecular flexibility index (Phi) is 9.16. The summed E-state index contributed by atoms with van der Waals surface area (Å²) in [5, 5.41) is 11.5. The first kappa shape index (κ1) is 29.2. The van der Waals surface area contributed by atoms with Crippen LogP contribution in [0, 0.1) is 24.2 Å². The quantitative estimate of drug-likeness (QED) is 0.259. The highest BCUT2D eigenvalue weighted by molar-refractivity contribution is 7.77. The number of allylic oxidation sites excluding steroid dienone is 1. The number of ketones is 1. The second kappa shape index (κ2) is 11.6. The van der Waals surface area contributed by atoms with Gasteiger partial charge in [-0.1, -0.05) is 51.8 Å². The molecule has 1 unspecified atom stereocenters. The van der Waals surface area contributed by atoms with Crippen molar-refractivity contribution in [3.05, 3.63) is 56.9 Å². The number of aliphatic hydroxyl groups is 1. The molecule has 1 aliphatic heterocycles. The van der Waals surface area contributed by atoms with Gasteiger partial charge in [0, 0.05) is 27.5 Å². The average Bonchev–Trinajstić information content (AvgIpc) is 3.49. The molecule has 2 aliphatic rings. The lowest BCUT2D eigenvalue weighted by Gasteiger charge is -2.29. The predicted octanol–water partition coefficient (Wildman–Crippen LogP) is 7.16. The highest BCUT2D eigenvalue weighted by Gasteiger charge is 2.40. The minimum absolute atomic E-state index is 0.0174. The normalized spacial score (nSPS) is 19.0. The monoisotopic (exact) mass is 555 g/mol. The molecule has 196 valence electrons. The number of hydrogen-bond donors (Lipinski definition) is 2. The Labute approximate surface area is 227 Å². The van der Waals surface area contributed by atoms with Crippen molar-refractivity contribution in [1.82, 2.24) is 4.98 Å². The smallest absolute Gasteiger partial charge is 0.261 e. The second-order valence-electron chi connectivity index (χ2n) is 9.47. The van der Waals surface area contributed by atoms with Crippen molar-refractivity contribution in [1.29, 1.82) is 0 Å². The van der Waals surface area contributed by atoms with Crippen molar-refractivity contribution in [2.75, 3.05) is 6.61 Å². The van der Waals surface area contributed by atoms with Gasteiger partial charge in [0.15, 0.2) is 5.78 Å². The Morgan fingerprint density at radius 3 is 2.43 bits per heavy atom. The van der Waals surface area contributed by atoms with Crippen LogP contribution in [0.2, 0.25) is 0 Å². The van der Waals surface area contributed by atoms with E-state index in [0.717, 1.165) is 43.4 Å². The third-order valence-electron chi connectivity index (χ3n) is 6.25. The SMILES string of the molecule is CC.CC#CCO.CC1=C(c2csc(-c3sc(C)c4c3CC(C)(C)CC4=O)n2)P(=O)(O)c2ccccc21. The molecule has 0 saturated heterocycles. The number of thiophene rings is 1. The lowest BCUT2D eigenvalue weighted by atomic mass is 9.74. The van der Waals surface area contributed by atoms with E-state index in [1.807, 2.05) is 45.2 Å². The molecule has 1 aliphatic carbocycles. The number of fused-ring (bicyclic) bond motifs is 2. The van der Waals surface area contributed by atoms with Crippen molar-refractivity contribution in [2.45, 2.75) is 61.3 Å². The van der Waals surface area contributed by atoms with Gasteiger partial charge in [0.25, 0.3) is 7.37 Å². The number of hydrogen-bond acceptors (Lipinski definition) is 6. The first-order chi connectivity index (χ1) is 17.5. The van der Waals surface area contributed by atoms with Crippen LogP contribution >= 0.6 is 30.0 Å². The molecule has 3 heterocycles. The molecule has 5 nitrogen and oxygen atoms in total. The molecule has 5 rings (SSSR count). The third kappa shape index (κ3) is 5.60. The van der Waals surface area contributed by atoms with Crippen molar-refractivity contribution in [3.8, 4) is 21.7 Å². The number of benzene rings is 1. The summed E-state index contributed by atoms with van der Waals surface area (Å²) in [6.45, 7) is 13.8. The maximum atomic E-state index is 13.3. The van der Waals surface area contributed by atoms with Crippen molar-refractivity contribution in [3.63, 3.8) is 0 Å². The van der Waals surface area contributed by atoms with Crippen LogP contribution in [0.5, 0.6) is 0 Å².